The molecule has 0 aliphatic carbocycles. The Morgan fingerprint density at radius 2 is 0.867 bits per heavy atom. The van der Waals surface area contributed by atoms with Crippen LogP contribution in [0, 0.1) is 0 Å². The van der Waals surface area contributed by atoms with Gasteiger partial charge in [-0.2, -0.15) is 0 Å². The molecule has 1 rings (SSSR count). The maximum Gasteiger partial charge on any atom is 0.335 e. The number of carboxylic acids is 1. The van der Waals surface area contributed by atoms with E-state index in [-0.39, 0.29) is 25.9 Å². The molecule has 12 heteroatoms. The Labute approximate surface area is 455 Å². The molecule has 0 radical (unpaired) electrons. The Hall–Kier alpha value is -3.84. The molecule has 0 aromatic heterocycles. The number of carboxylic acid groups (broad SMARTS) is 1. The molecule has 0 aromatic carbocycles. The Bertz CT molecular complexity index is 1580. The fraction of sp³-hybridized carbons (Fsp3) is 0.746. The predicted molar refractivity (Wildman–Crippen MR) is 303 cm³/mol. The van der Waals surface area contributed by atoms with Gasteiger partial charge < -0.3 is 39.0 Å². The van der Waals surface area contributed by atoms with E-state index in [1.165, 1.54) is 103 Å². The molecule has 75 heavy (non-hydrogen) atoms. The normalized spacial score (nSPS) is 18.7. The number of ether oxygens (including phenoxy) is 5. The van der Waals surface area contributed by atoms with Crippen LogP contribution in [0.1, 0.15) is 252 Å². The lowest BCUT2D eigenvalue weighted by Crippen LogP contribution is -2.61. The number of carbonyl (C=O) groups excluding carboxylic acids is 3. The van der Waals surface area contributed by atoms with Crippen molar-refractivity contribution < 1.29 is 58.2 Å². The average Bonchev–Trinajstić information content (AvgIpc) is 3.39. The number of carbonyl (C=O) groups is 4. The van der Waals surface area contributed by atoms with Crippen LogP contribution in [0.5, 0.6) is 0 Å². The average molecular weight is 1060 g/mol. The number of unbranched alkanes of at least 4 members (excludes halogenated alkanes) is 24. The molecule has 0 amide bonds. The number of hydrogen-bond acceptors (Lipinski definition) is 11. The number of hydrogen-bond donors (Lipinski definition) is 3. The zero-order chi connectivity index (χ0) is 54.7. The van der Waals surface area contributed by atoms with Crippen LogP contribution in [-0.4, -0.2) is 89.2 Å². The van der Waals surface area contributed by atoms with Crippen LogP contribution < -0.4 is 0 Å². The van der Waals surface area contributed by atoms with E-state index in [4.69, 9.17) is 23.7 Å². The molecular weight excluding hydrogens is 949 g/mol. The predicted octanol–water partition coefficient (Wildman–Crippen LogP) is 15.3. The highest BCUT2D eigenvalue weighted by atomic mass is 16.7. The fourth-order valence-electron chi connectivity index (χ4n) is 8.71. The summed E-state index contributed by atoms with van der Waals surface area (Å²) >= 11 is 0. The van der Waals surface area contributed by atoms with E-state index in [0.717, 1.165) is 83.5 Å². The lowest BCUT2D eigenvalue weighted by Gasteiger charge is -2.40. The molecule has 1 heterocycles. The monoisotopic (exact) mass is 1050 g/mol. The zero-order valence-electron chi connectivity index (χ0n) is 47.3. The summed E-state index contributed by atoms with van der Waals surface area (Å²) in [6.45, 7) is 5.82. The Morgan fingerprint density at radius 3 is 1.36 bits per heavy atom. The summed E-state index contributed by atoms with van der Waals surface area (Å²) in [5.41, 5.74) is 0. The van der Waals surface area contributed by atoms with Gasteiger partial charge >= 0.3 is 23.9 Å². The molecule has 0 bridgehead atoms. The van der Waals surface area contributed by atoms with Gasteiger partial charge in [-0.25, -0.2) is 4.79 Å². The van der Waals surface area contributed by atoms with E-state index >= 15 is 0 Å². The van der Waals surface area contributed by atoms with Crippen molar-refractivity contribution in [3.8, 4) is 0 Å². The first-order chi connectivity index (χ1) is 36.6. The van der Waals surface area contributed by atoms with E-state index in [9.17, 15) is 34.5 Å². The van der Waals surface area contributed by atoms with Crippen molar-refractivity contribution in [2.75, 3.05) is 13.2 Å². The second-order valence-corrected chi connectivity index (χ2v) is 20.3. The minimum atomic E-state index is -1.93. The van der Waals surface area contributed by atoms with Crippen molar-refractivity contribution in [1.82, 2.24) is 0 Å². The van der Waals surface area contributed by atoms with Crippen LogP contribution in [0.4, 0.5) is 0 Å². The number of aliphatic hydroxyl groups is 2. The van der Waals surface area contributed by atoms with Gasteiger partial charge in [0.05, 0.1) is 6.61 Å². The van der Waals surface area contributed by atoms with E-state index in [1.807, 2.05) is 18.2 Å². The van der Waals surface area contributed by atoms with Crippen molar-refractivity contribution in [2.24, 2.45) is 0 Å². The highest BCUT2D eigenvalue weighted by Crippen LogP contribution is 2.26. The minimum Gasteiger partial charge on any atom is -0.479 e. The van der Waals surface area contributed by atoms with Crippen LogP contribution >= 0.6 is 0 Å². The van der Waals surface area contributed by atoms with Gasteiger partial charge in [0.1, 0.15) is 18.8 Å². The van der Waals surface area contributed by atoms with E-state index in [1.54, 1.807) is 0 Å². The number of aliphatic hydroxyl groups excluding tert-OH is 2. The van der Waals surface area contributed by atoms with E-state index < -0.39 is 67.3 Å². The van der Waals surface area contributed by atoms with E-state index in [0.29, 0.717) is 25.7 Å². The van der Waals surface area contributed by atoms with Gasteiger partial charge in [-0.15, -0.1) is 0 Å². The van der Waals surface area contributed by atoms with Crippen LogP contribution in [-0.2, 0) is 42.9 Å². The number of allylic oxidation sites excluding steroid dienone is 12. The van der Waals surface area contributed by atoms with E-state index in [2.05, 4.69) is 75.5 Å². The SMILES string of the molecule is CC/C=C\C/C=C\C/C=C\C/C=C\CCC(=O)OC1C(OCC(COC(=O)CCCCCCCCCCCCCCCCCCC)OC(=O)CCCCCCC/C=C\C/C=C\CCCCC)OC(C(=O)O)C(O)C1O. The molecule has 0 spiro atoms. The summed E-state index contributed by atoms with van der Waals surface area (Å²) in [7, 11) is 0. The minimum absolute atomic E-state index is 0.0631. The number of aliphatic carboxylic acids is 1. The second kappa shape index (κ2) is 50.9. The maximum absolute atomic E-state index is 13.1. The molecule has 0 aromatic rings. The summed E-state index contributed by atoms with van der Waals surface area (Å²) in [5.74, 6) is -3.24. The molecule has 6 unspecified atom stereocenters. The van der Waals surface area contributed by atoms with Crippen LogP contribution in [0.15, 0.2) is 72.9 Å². The molecule has 12 nitrogen and oxygen atoms in total. The van der Waals surface area contributed by atoms with Gasteiger partial charge in [0.25, 0.3) is 0 Å². The third-order valence-corrected chi connectivity index (χ3v) is 13.3. The number of esters is 3. The largest absolute Gasteiger partial charge is 0.479 e. The summed E-state index contributed by atoms with van der Waals surface area (Å²) in [5, 5.41) is 31.4. The van der Waals surface area contributed by atoms with Gasteiger partial charge in [-0.3, -0.25) is 14.4 Å². The summed E-state index contributed by atoms with van der Waals surface area (Å²) in [6, 6.07) is 0. The highest BCUT2D eigenvalue weighted by Gasteiger charge is 2.50. The first-order valence-corrected chi connectivity index (χ1v) is 29.9. The molecule has 1 aliphatic rings. The van der Waals surface area contributed by atoms with Gasteiger partial charge in [0.15, 0.2) is 24.6 Å². The zero-order valence-corrected chi connectivity index (χ0v) is 47.3. The smallest absolute Gasteiger partial charge is 0.335 e. The lowest BCUT2D eigenvalue weighted by atomic mass is 9.98. The van der Waals surface area contributed by atoms with Crippen molar-refractivity contribution >= 4 is 23.9 Å². The number of rotatable bonds is 50. The topological polar surface area (TPSA) is 175 Å². The molecule has 1 fully saturated rings. The van der Waals surface area contributed by atoms with Gasteiger partial charge in [0.2, 0.25) is 0 Å². The van der Waals surface area contributed by atoms with Gasteiger partial charge in [-0.05, 0) is 77.0 Å². The molecular formula is C63H106O12. The lowest BCUT2D eigenvalue weighted by molar-refractivity contribution is -0.301. The molecule has 6 atom stereocenters. The summed E-state index contributed by atoms with van der Waals surface area (Å²) in [4.78, 5) is 51.1. The second-order valence-electron chi connectivity index (χ2n) is 20.3. The standard InChI is InChI=1S/C63H106O12/c1-4-7-10-13-16-19-22-25-27-28-30-32-34-37-40-43-46-49-55(64)71-52-54(73-56(65)50-47-44-41-38-36-33-29-26-23-20-17-14-11-8-5-2)53-72-63-61(59(68)58(67)60(75-63)62(69)70)74-57(66)51-48-45-42-39-35-31-24-21-18-15-12-9-6-3/h9,12,17-18,20-21,26,29,31,35,42,45,54,58-61,63,67-68H,4-8,10-11,13-16,19,22-25,27-28,30,32-34,36-41,43-44,46-53H2,1-3H3,(H,69,70)/b12-9-,20-17-,21-18-,29-26-,35-31-,45-42-. The molecule has 0 saturated carbocycles. The molecule has 1 aliphatic heterocycles. The molecule has 430 valence electrons. The van der Waals surface area contributed by atoms with Crippen molar-refractivity contribution in [1.29, 1.82) is 0 Å². The van der Waals surface area contributed by atoms with Crippen molar-refractivity contribution in [3.05, 3.63) is 72.9 Å². The summed E-state index contributed by atoms with van der Waals surface area (Å²) < 4.78 is 28.3. The third-order valence-electron chi connectivity index (χ3n) is 13.3. The third kappa shape index (κ3) is 41.0. The van der Waals surface area contributed by atoms with Crippen LogP contribution in [0.3, 0.4) is 0 Å². The molecule has 3 N–H and O–H groups in total. The Kier molecular flexibility index (Phi) is 47.0. The van der Waals surface area contributed by atoms with Gasteiger partial charge in [-0.1, -0.05) is 229 Å². The highest BCUT2D eigenvalue weighted by molar-refractivity contribution is 5.74. The Balaban J connectivity index is 2.72. The quantitative estimate of drug-likeness (QED) is 0.0228. The fourth-order valence-corrected chi connectivity index (χ4v) is 8.71. The molecule has 1 saturated heterocycles. The first-order valence-electron chi connectivity index (χ1n) is 29.9. The van der Waals surface area contributed by atoms with Crippen molar-refractivity contribution in [3.63, 3.8) is 0 Å². The maximum atomic E-state index is 13.1. The van der Waals surface area contributed by atoms with Gasteiger partial charge in [0, 0.05) is 19.3 Å². The van der Waals surface area contributed by atoms with Crippen LogP contribution in [0.25, 0.3) is 0 Å². The summed E-state index contributed by atoms with van der Waals surface area (Å²) in [6.07, 6.45) is 51.8. The van der Waals surface area contributed by atoms with Crippen molar-refractivity contribution in [2.45, 2.75) is 289 Å². The Morgan fingerprint density at radius 1 is 0.453 bits per heavy atom. The first kappa shape index (κ1) is 69.2. The van der Waals surface area contributed by atoms with Crippen LogP contribution in [0.2, 0.25) is 0 Å².